The molecule has 1 aliphatic carbocycles. The second kappa shape index (κ2) is 4.67. The Bertz CT molecular complexity index is 354. The number of hydrogen-bond acceptors (Lipinski definition) is 3. The van der Waals surface area contributed by atoms with Crippen LogP contribution in [0.1, 0.15) is 39.0 Å². The number of carboxylic acids is 1. The lowest BCUT2D eigenvalue weighted by molar-refractivity contribution is -0.227. The van der Waals surface area contributed by atoms with Gasteiger partial charge >= 0.3 is 5.97 Å². The summed E-state index contributed by atoms with van der Waals surface area (Å²) in [4.78, 5) is 11.7. The molecule has 0 bridgehead atoms. The van der Waals surface area contributed by atoms with Crippen LogP contribution in [0.25, 0.3) is 0 Å². The second-order valence-electron chi connectivity index (χ2n) is 4.57. The van der Waals surface area contributed by atoms with Crippen LogP contribution in [0, 0.1) is 17.3 Å². The highest BCUT2D eigenvalue weighted by Gasteiger charge is 2.63. The molecular weight excluding hydrogens is 220 g/mol. The molecule has 0 aromatic rings. The molecule has 2 rings (SSSR count). The molecule has 94 valence electrons. The summed E-state index contributed by atoms with van der Waals surface area (Å²) in [6.07, 6.45) is 3.12. The summed E-state index contributed by atoms with van der Waals surface area (Å²) >= 11 is 0. The maximum atomic E-state index is 11.7. The summed E-state index contributed by atoms with van der Waals surface area (Å²) in [7, 11) is 0. The highest BCUT2D eigenvalue weighted by molar-refractivity contribution is 5.77. The van der Waals surface area contributed by atoms with Crippen molar-refractivity contribution in [3.8, 4) is 11.8 Å². The predicted octanol–water partition coefficient (Wildman–Crippen LogP) is 1.79. The third kappa shape index (κ3) is 1.84. The minimum atomic E-state index is -0.980. The van der Waals surface area contributed by atoms with E-state index in [0.717, 1.165) is 12.8 Å². The third-order valence-electron chi connectivity index (χ3n) is 3.69. The molecule has 0 radical (unpaired) electrons. The quantitative estimate of drug-likeness (QED) is 0.745. The number of hydrogen-bond donors (Lipinski definition) is 1. The molecule has 4 nitrogen and oxygen atoms in total. The lowest BCUT2D eigenvalue weighted by atomic mass is 9.78. The largest absolute Gasteiger partial charge is 0.481 e. The Morgan fingerprint density at radius 2 is 2.00 bits per heavy atom. The van der Waals surface area contributed by atoms with E-state index in [4.69, 9.17) is 9.47 Å². The molecule has 2 fully saturated rings. The Morgan fingerprint density at radius 3 is 2.59 bits per heavy atom. The summed E-state index contributed by atoms with van der Waals surface area (Å²) in [6, 6.07) is 0. The van der Waals surface area contributed by atoms with Gasteiger partial charge in [-0.3, -0.25) is 4.79 Å². The SMILES string of the molecule is CCC#CCC1(C(=O)O)CCCC12OCCO2. The molecule has 1 N–H and O–H groups in total. The van der Waals surface area contributed by atoms with Crippen LogP contribution in [0.2, 0.25) is 0 Å². The molecule has 1 unspecified atom stereocenters. The van der Waals surface area contributed by atoms with Crippen LogP contribution in [0.15, 0.2) is 0 Å². The van der Waals surface area contributed by atoms with Crippen LogP contribution in [0.5, 0.6) is 0 Å². The fraction of sp³-hybridized carbons (Fsp3) is 0.769. The Hall–Kier alpha value is -1.05. The molecule has 1 spiro atoms. The number of carboxylic acid groups (broad SMARTS) is 1. The number of carbonyl (C=O) groups is 1. The first kappa shape index (κ1) is 12.4. The van der Waals surface area contributed by atoms with Gasteiger partial charge in [0.25, 0.3) is 0 Å². The molecule has 1 saturated heterocycles. The zero-order valence-electron chi connectivity index (χ0n) is 10.1. The highest BCUT2D eigenvalue weighted by atomic mass is 16.7. The van der Waals surface area contributed by atoms with E-state index >= 15 is 0 Å². The zero-order chi connectivity index (χ0) is 12.4. The van der Waals surface area contributed by atoms with Crippen molar-refractivity contribution in [3.63, 3.8) is 0 Å². The number of aliphatic carboxylic acids is 1. The van der Waals surface area contributed by atoms with Crippen molar-refractivity contribution >= 4 is 5.97 Å². The van der Waals surface area contributed by atoms with Crippen molar-refractivity contribution in [3.05, 3.63) is 0 Å². The summed E-state index contributed by atoms with van der Waals surface area (Å²) in [5.41, 5.74) is -0.980. The van der Waals surface area contributed by atoms with E-state index < -0.39 is 17.2 Å². The van der Waals surface area contributed by atoms with Crippen LogP contribution < -0.4 is 0 Å². The molecular formula is C13H18O4. The first-order valence-electron chi connectivity index (χ1n) is 6.14. The van der Waals surface area contributed by atoms with Crippen molar-refractivity contribution < 1.29 is 19.4 Å². The van der Waals surface area contributed by atoms with E-state index in [-0.39, 0.29) is 0 Å². The normalized spacial score (nSPS) is 30.2. The maximum Gasteiger partial charge on any atom is 0.316 e. The van der Waals surface area contributed by atoms with E-state index in [1.165, 1.54) is 0 Å². The van der Waals surface area contributed by atoms with Crippen LogP contribution in [0.3, 0.4) is 0 Å². The second-order valence-corrected chi connectivity index (χ2v) is 4.57. The van der Waals surface area contributed by atoms with E-state index in [1.54, 1.807) is 0 Å². The average Bonchev–Trinajstić information content (AvgIpc) is 2.90. The van der Waals surface area contributed by atoms with Crippen LogP contribution in [-0.2, 0) is 14.3 Å². The summed E-state index contributed by atoms with van der Waals surface area (Å²) < 4.78 is 11.3. The molecule has 4 heteroatoms. The van der Waals surface area contributed by atoms with Gasteiger partial charge in [-0.2, -0.15) is 0 Å². The van der Waals surface area contributed by atoms with E-state index in [9.17, 15) is 9.90 Å². The molecule has 0 amide bonds. The first-order chi connectivity index (χ1) is 8.17. The monoisotopic (exact) mass is 238 g/mol. The predicted molar refractivity (Wildman–Crippen MR) is 61.2 cm³/mol. The molecule has 17 heavy (non-hydrogen) atoms. The minimum absolute atomic E-state index is 0.316. The summed E-state index contributed by atoms with van der Waals surface area (Å²) in [5.74, 6) is 4.12. The van der Waals surface area contributed by atoms with Gasteiger partial charge in [-0.05, 0) is 12.8 Å². The average molecular weight is 238 g/mol. The summed E-state index contributed by atoms with van der Waals surface area (Å²) in [5, 5.41) is 9.56. The van der Waals surface area contributed by atoms with Gasteiger partial charge in [0.1, 0.15) is 5.41 Å². The van der Waals surface area contributed by atoms with Gasteiger partial charge in [-0.25, -0.2) is 0 Å². The Kier molecular flexibility index (Phi) is 3.41. The van der Waals surface area contributed by atoms with Gasteiger partial charge in [-0.15, -0.1) is 11.8 Å². The highest BCUT2D eigenvalue weighted by Crippen LogP contribution is 2.53. The van der Waals surface area contributed by atoms with Crippen LogP contribution in [-0.4, -0.2) is 30.1 Å². The van der Waals surface area contributed by atoms with Crippen molar-refractivity contribution in [1.29, 1.82) is 0 Å². The van der Waals surface area contributed by atoms with Gasteiger partial charge in [-0.1, -0.05) is 6.92 Å². The van der Waals surface area contributed by atoms with Gasteiger partial charge in [0.2, 0.25) is 0 Å². The van der Waals surface area contributed by atoms with Crippen molar-refractivity contribution in [2.24, 2.45) is 5.41 Å². The molecule has 1 atom stereocenters. The lowest BCUT2D eigenvalue weighted by Gasteiger charge is -2.37. The van der Waals surface area contributed by atoms with E-state index in [0.29, 0.717) is 32.5 Å². The van der Waals surface area contributed by atoms with Gasteiger partial charge < -0.3 is 14.6 Å². The standard InChI is InChI=1S/C13H18O4/c1-2-3-4-6-12(11(14)15)7-5-8-13(12)16-9-10-17-13/h2,5-10H2,1H3,(H,14,15). The van der Waals surface area contributed by atoms with Crippen LogP contribution in [0.4, 0.5) is 0 Å². The topological polar surface area (TPSA) is 55.8 Å². The van der Waals surface area contributed by atoms with Gasteiger partial charge in [0.15, 0.2) is 5.79 Å². The zero-order valence-corrected chi connectivity index (χ0v) is 10.1. The van der Waals surface area contributed by atoms with E-state index in [2.05, 4.69) is 11.8 Å². The molecule has 2 aliphatic rings. The van der Waals surface area contributed by atoms with Crippen molar-refractivity contribution in [2.45, 2.75) is 44.8 Å². The summed E-state index contributed by atoms with van der Waals surface area (Å²) in [6.45, 7) is 2.92. The van der Waals surface area contributed by atoms with Gasteiger partial charge in [0, 0.05) is 19.3 Å². The smallest absolute Gasteiger partial charge is 0.316 e. The minimum Gasteiger partial charge on any atom is -0.481 e. The Labute approximate surface area is 101 Å². The molecule has 1 aliphatic heterocycles. The third-order valence-corrected chi connectivity index (χ3v) is 3.69. The number of rotatable bonds is 2. The molecule has 1 heterocycles. The molecule has 1 saturated carbocycles. The lowest BCUT2D eigenvalue weighted by Crippen LogP contribution is -2.50. The molecule has 0 aromatic carbocycles. The number of ether oxygens (including phenoxy) is 2. The Morgan fingerprint density at radius 1 is 1.29 bits per heavy atom. The van der Waals surface area contributed by atoms with Crippen molar-refractivity contribution in [2.75, 3.05) is 13.2 Å². The van der Waals surface area contributed by atoms with Gasteiger partial charge in [0.05, 0.1) is 13.2 Å². The fourth-order valence-corrected chi connectivity index (χ4v) is 2.83. The maximum absolute atomic E-state index is 11.7. The van der Waals surface area contributed by atoms with Crippen molar-refractivity contribution in [1.82, 2.24) is 0 Å². The Balaban J connectivity index is 2.29. The fourth-order valence-electron chi connectivity index (χ4n) is 2.83. The molecule has 0 aromatic heterocycles. The van der Waals surface area contributed by atoms with Crippen LogP contribution >= 0.6 is 0 Å². The first-order valence-corrected chi connectivity index (χ1v) is 6.14. The van der Waals surface area contributed by atoms with E-state index in [1.807, 2.05) is 6.92 Å².